The number of rotatable bonds is 6. The molecule has 2 amide bonds. The zero-order valence-electron chi connectivity index (χ0n) is 17.9. The molecule has 0 saturated carbocycles. The van der Waals surface area contributed by atoms with Gasteiger partial charge in [-0.25, -0.2) is 0 Å². The second-order valence-electron chi connectivity index (χ2n) is 7.60. The number of anilines is 1. The van der Waals surface area contributed by atoms with Gasteiger partial charge < -0.3 is 24.3 Å². The van der Waals surface area contributed by atoms with Crippen molar-refractivity contribution in [2.24, 2.45) is 0 Å². The lowest BCUT2D eigenvalue weighted by Crippen LogP contribution is -2.48. The zero-order valence-corrected chi connectivity index (χ0v) is 17.9. The van der Waals surface area contributed by atoms with Crippen LogP contribution in [0.5, 0.6) is 5.75 Å². The SMILES string of the molecule is CCN1CCN(C(=O)c2oc3ccccc3c2NC(=O)Cc2ccc(OC)cc2)CC1. The van der Waals surface area contributed by atoms with Crippen LogP contribution in [0.3, 0.4) is 0 Å². The summed E-state index contributed by atoms with van der Waals surface area (Å²) >= 11 is 0. The highest BCUT2D eigenvalue weighted by Gasteiger charge is 2.28. The van der Waals surface area contributed by atoms with Crippen molar-refractivity contribution in [1.82, 2.24) is 9.80 Å². The number of carbonyl (C=O) groups excluding carboxylic acids is 2. The maximum absolute atomic E-state index is 13.2. The average Bonchev–Trinajstić information content (AvgIpc) is 3.17. The minimum atomic E-state index is -0.207. The summed E-state index contributed by atoms with van der Waals surface area (Å²) in [6.07, 6.45) is 0.187. The van der Waals surface area contributed by atoms with Gasteiger partial charge in [-0.05, 0) is 36.4 Å². The summed E-state index contributed by atoms with van der Waals surface area (Å²) in [5.41, 5.74) is 1.88. The Hall–Kier alpha value is -3.32. The molecule has 3 aromatic rings. The summed E-state index contributed by atoms with van der Waals surface area (Å²) in [7, 11) is 1.60. The number of carbonyl (C=O) groups is 2. The number of piperazine rings is 1. The summed E-state index contributed by atoms with van der Waals surface area (Å²) in [6.45, 7) is 6.04. The second kappa shape index (κ2) is 9.22. The van der Waals surface area contributed by atoms with E-state index < -0.39 is 0 Å². The van der Waals surface area contributed by atoms with E-state index in [0.717, 1.165) is 36.3 Å². The highest BCUT2D eigenvalue weighted by Crippen LogP contribution is 2.32. The lowest BCUT2D eigenvalue weighted by molar-refractivity contribution is -0.115. The van der Waals surface area contributed by atoms with E-state index in [1.807, 2.05) is 42.5 Å². The first kappa shape index (κ1) is 20.9. The number of nitrogens with zero attached hydrogens (tertiary/aromatic N) is 2. The number of ether oxygens (including phenoxy) is 1. The van der Waals surface area contributed by atoms with Gasteiger partial charge in [-0.2, -0.15) is 0 Å². The fourth-order valence-electron chi connectivity index (χ4n) is 3.84. The van der Waals surface area contributed by atoms with Gasteiger partial charge in [-0.3, -0.25) is 9.59 Å². The molecule has 0 atom stereocenters. The molecule has 1 aliphatic heterocycles. The fourth-order valence-corrected chi connectivity index (χ4v) is 3.84. The van der Waals surface area contributed by atoms with Crippen LogP contribution in [0.2, 0.25) is 0 Å². The molecule has 0 radical (unpaired) electrons. The molecule has 1 N–H and O–H groups in total. The summed E-state index contributed by atoms with van der Waals surface area (Å²) in [5.74, 6) is 0.531. The van der Waals surface area contributed by atoms with Crippen molar-refractivity contribution in [1.29, 1.82) is 0 Å². The van der Waals surface area contributed by atoms with E-state index in [9.17, 15) is 9.59 Å². The number of para-hydroxylation sites is 1. The van der Waals surface area contributed by atoms with Crippen LogP contribution in [-0.4, -0.2) is 61.4 Å². The predicted octanol–water partition coefficient (Wildman–Crippen LogP) is 3.40. The Morgan fingerprint density at radius 2 is 1.74 bits per heavy atom. The molecular formula is C24H27N3O4. The molecule has 0 spiro atoms. The van der Waals surface area contributed by atoms with Crippen molar-refractivity contribution in [3.05, 3.63) is 59.9 Å². The van der Waals surface area contributed by atoms with Crippen LogP contribution in [0.25, 0.3) is 11.0 Å². The van der Waals surface area contributed by atoms with Gasteiger partial charge in [-0.15, -0.1) is 0 Å². The number of furan rings is 1. The largest absolute Gasteiger partial charge is 0.497 e. The van der Waals surface area contributed by atoms with Crippen molar-refractivity contribution < 1.29 is 18.7 Å². The molecule has 0 bridgehead atoms. The first-order chi connectivity index (χ1) is 15.1. The molecule has 1 aromatic heterocycles. The quantitative estimate of drug-likeness (QED) is 0.660. The number of nitrogens with one attached hydrogen (secondary N) is 1. The highest BCUT2D eigenvalue weighted by atomic mass is 16.5. The van der Waals surface area contributed by atoms with Gasteiger partial charge in [0.2, 0.25) is 11.7 Å². The molecule has 4 rings (SSSR count). The number of hydrogen-bond donors (Lipinski definition) is 1. The van der Waals surface area contributed by atoms with Crippen molar-refractivity contribution in [3.63, 3.8) is 0 Å². The van der Waals surface area contributed by atoms with Crippen LogP contribution in [-0.2, 0) is 11.2 Å². The Morgan fingerprint density at radius 1 is 1.03 bits per heavy atom. The Labute approximate surface area is 181 Å². The van der Waals surface area contributed by atoms with E-state index in [1.54, 1.807) is 18.1 Å². The number of hydrogen-bond acceptors (Lipinski definition) is 5. The van der Waals surface area contributed by atoms with Crippen LogP contribution in [0, 0.1) is 0 Å². The third-order valence-electron chi connectivity index (χ3n) is 5.68. The topological polar surface area (TPSA) is 75.0 Å². The first-order valence-corrected chi connectivity index (χ1v) is 10.5. The van der Waals surface area contributed by atoms with Gasteiger partial charge in [0, 0.05) is 31.6 Å². The van der Waals surface area contributed by atoms with Crippen molar-refractivity contribution in [2.75, 3.05) is 45.2 Å². The molecule has 31 heavy (non-hydrogen) atoms. The standard InChI is InChI=1S/C24H27N3O4/c1-3-26-12-14-27(15-13-26)24(29)23-22(19-6-4-5-7-20(19)31-23)25-21(28)16-17-8-10-18(30-2)11-9-17/h4-11H,3,12-16H2,1-2H3,(H,25,28). The third-order valence-corrected chi connectivity index (χ3v) is 5.68. The Kier molecular flexibility index (Phi) is 6.23. The molecule has 2 heterocycles. The molecule has 162 valence electrons. The molecule has 0 aliphatic carbocycles. The Balaban J connectivity index is 1.56. The molecule has 0 unspecified atom stereocenters. The van der Waals surface area contributed by atoms with Crippen LogP contribution in [0.4, 0.5) is 5.69 Å². The van der Waals surface area contributed by atoms with E-state index in [1.165, 1.54) is 0 Å². The molecule has 2 aromatic carbocycles. The van der Waals surface area contributed by atoms with Crippen molar-refractivity contribution in [2.45, 2.75) is 13.3 Å². The maximum Gasteiger partial charge on any atom is 0.291 e. The van der Waals surface area contributed by atoms with E-state index in [2.05, 4.69) is 17.1 Å². The highest BCUT2D eigenvalue weighted by molar-refractivity contribution is 6.11. The Bertz CT molecular complexity index is 1070. The van der Waals surface area contributed by atoms with Crippen LogP contribution in [0.15, 0.2) is 52.9 Å². The third kappa shape index (κ3) is 4.56. The average molecular weight is 421 g/mol. The van der Waals surface area contributed by atoms with Gasteiger partial charge in [-0.1, -0.05) is 31.2 Å². The maximum atomic E-state index is 13.2. The lowest BCUT2D eigenvalue weighted by Gasteiger charge is -2.33. The minimum Gasteiger partial charge on any atom is -0.497 e. The Morgan fingerprint density at radius 3 is 2.42 bits per heavy atom. The number of methoxy groups -OCH3 is 1. The molecular weight excluding hydrogens is 394 g/mol. The normalized spacial score (nSPS) is 14.6. The smallest absolute Gasteiger partial charge is 0.291 e. The molecule has 1 saturated heterocycles. The van der Waals surface area contributed by atoms with Gasteiger partial charge in [0.1, 0.15) is 17.0 Å². The van der Waals surface area contributed by atoms with E-state index in [-0.39, 0.29) is 24.0 Å². The van der Waals surface area contributed by atoms with Crippen molar-refractivity contribution in [3.8, 4) is 5.75 Å². The summed E-state index contributed by atoms with van der Waals surface area (Å²) in [4.78, 5) is 30.1. The molecule has 7 heteroatoms. The van der Waals surface area contributed by atoms with E-state index in [0.29, 0.717) is 24.4 Å². The molecule has 7 nitrogen and oxygen atoms in total. The minimum absolute atomic E-state index is 0.187. The van der Waals surface area contributed by atoms with E-state index >= 15 is 0 Å². The van der Waals surface area contributed by atoms with Gasteiger partial charge in [0.05, 0.1) is 13.5 Å². The second-order valence-corrected chi connectivity index (χ2v) is 7.60. The number of benzene rings is 2. The predicted molar refractivity (Wildman–Crippen MR) is 120 cm³/mol. The van der Waals surface area contributed by atoms with Crippen LogP contribution < -0.4 is 10.1 Å². The van der Waals surface area contributed by atoms with E-state index in [4.69, 9.17) is 9.15 Å². The monoisotopic (exact) mass is 421 g/mol. The number of likely N-dealkylation sites (N-methyl/N-ethyl adjacent to an activating group) is 1. The van der Waals surface area contributed by atoms with Crippen molar-refractivity contribution >= 4 is 28.5 Å². The van der Waals surface area contributed by atoms with Gasteiger partial charge in [0.15, 0.2) is 0 Å². The summed E-state index contributed by atoms with van der Waals surface area (Å²) in [6, 6.07) is 14.7. The summed E-state index contributed by atoms with van der Waals surface area (Å²) in [5, 5.41) is 3.65. The van der Waals surface area contributed by atoms with Crippen LogP contribution >= 0.6 is 0 Å². The number of fused-ring (bicyclic) bond motifs is 1. The lowest BCUT2D eigenvalue weighted by atomic mass is 10.1. The number of amides is 2. The zero-order chi connectivity index (χ0) is 21.8. The van der Waals surface area contributed by atoms with Gasteiger partial charge >= 0.3 is 0 Å². The van der Waals surface area contributed by atoms with Gasteiger partial charge in [0.25, 0.3) is 5.91 Å². The fraction of sp³-hybridized carbons (Fsp3) is 0.333. The van der Waals surface area contributed by atoms with Crippen LogP contribution in [0.1, 0.15) is 23.0 Å². The first-order valence-electron chi connectivity index (χ1n) is 10.5. The molecule has 1 aliphatic rings. The molecule has 1 fully saturated rings. The summed E-state index contributed by atoms with van der Waals surface area (Å²) < 4.78 is 11.1.